The molecule has 0 bridgehead atoms. The molecule has 3 atom stereocenters. The number of likely N-dealkylation sites (N-methyl/N-ethyl adjacent to an activating group) is 1. The number of halogens is 2. The summed E-state index contributed by atoms with van der Waals surface area (Å²) < 4.78 is 29.5. The lowest BCUT2D eigenvalue weighted by molar-refractivity contribution is 0.0586. The zero-order valence-corrected chi connectivity index (χ0v) is 15.5. The van der Waals surface area contributed by atoms with Crippen molar-refractivity contribution >= 4 is 5.65 Å². The van der Waals surface area contributed by atoms with Gasteiger partial charge in [0.1, 0.15) is 11.6 Å². The monoisotopic (exact) mass is 385 g/mol. The van der Waals surface area contributed by atoms with E-state index in [-0.39, 0.29) is 18.1 Å². The molecule has 0 unspecified atom stereocenters. The highest BCUT2D eigenvalue weighted by Gasteiger charge is 2.39. The summed E-state index contributed by atoms with van der Waals surface area (Å²) in [6.45, 7) is 2.17. The molecular formula is C19H21F2N7. The fourth-order valence-electron chi connectivity index (χ4n) is 4.64. The number of hydrogen-bond donors (Lipinski definition) is 1. The molecule has 2 aromatic heterocycles. The van der Waals surface area contributed by atoms with Gasteiger partial charge in [-0.05, 0) is 31.7 Å². The van der Waals surface area contributed by atoms with Crippen LogP contribution >= 0.6 is 0 Å². The van der Waals surface area contributed by atoms with Gasteiger partial charge in [0.05, 0.1) is 17.9 Å². The van der Waals surface area contributed by atoms with E-state index in [2.05, 4.69) is 20.1 Å². The number of piperidine rings is 1. The number of fused-ring (bicyclic) bond motifs is 3. The van der Waals surface area contributed by atoms with Crippen LogP contribution in [0.2, 0.25) is 0 Å². The number of rotatable bonds is 2. The molecule has 146 valence electrons. The molecule has 4 heterocycles. The normalized spacial score (nSPS) is 26.1. The Hall–Kier alpha value is -2.49. The maximum Gasteiger partial charge on any atom is 0.180 e. The maximum absolute atomic E-state index is 14.3. The fourth-order valence-corrected chi connectivity index (χ4v) is 4.64. The Bertz CT molecular complexity index is 1020. The molecule has 0 saturated carbocycles. The number of nitrogens with zero attached hydrogens (tertiary/aromatic N) is 6. The van der Waals surface area contributed by atoms with Gasteiger partial charge in [0.15, 0.2) is 5.65 Å². The van der Waals surface area contributed by atoms with Crippen molar-refractivity contribution in [2.24, 2.45) is 5.73 Å². The number of aromatic nitrogens is 4. The highest BCUT2D eigenvalue weighted by atomic mass is 19.1. The molecule has 1 aromatic carbocycles. The van der Waals surface area contributed by atoms with E-state index in [4.69, 9.17) is 5.73 Å². The van der Waals surface area contributed by atoms with E-state index in [0.717, 1.165) is 36.1 Å². The first-order valence-corrected chi connectivity index (χ1v) is 9.34. The lowest BCUT2D eigenvalue weighted by Gasteiger charge is -2.44. The lowest BCUT2D eigenvalue weighted by atomic mass is 9.88. The van der Waals surface area contributed by atoms with Crippen LogP contribution in [0.25, 0.3) is 5.65 Å². The highest BCUT2D eigenvalue weighted by molar-refractivity contribution is 5.50. The summed E-state index contributed by atoms with van der Waals surface area (Å²) in [5, 5.41) is 8.72. The second-order valence-corrected chi connectivity index (χ2v) is 7.69. The summed E-state index contributed by atoms with van der Waals surface area (Å²) in [6.07, 6.45) is 3.99. The molecule has 3 aromatic rings. The summed E-state index contributed by atoms with van der Waals surface area (Å²) in [4.78, 5) is 8.75. The van der Waals surface area contributed by atoms with Crippen molar-refractivity contribution in [3.05, 3.63) is 59.0 Å². The molecular weight excluding hydrogens is 364 g/mol. The Morgan fingerprint density at radius 3 is 2.86 bits per heavy atom. The van der Waals surface area contributed by atoms with Crippen LogP contribution < -0.4 is 5.73 Å². The third-order valence-electron chi connectivity index (χ3n) is 5.89. The van der Waals surface area contributed by atoms with E-state index in [1.165, 1.54) is 12.1 Å². The minimum atomic E-state index is -0.446. The van der Waals surface area contributed by atoms with Gasteiger partial charge in [-0.15, -0.1) is 4.63 Å². The molecule has 28 heavy (non-hydrogen) atoms. The zero-order valence-electron chi connectivity index (χ0n) is 15.5. The zero-order chi connectivity index (χ0) is 19.4. The summed E-state index contributed by atoms with van der Waals surface area (Å²) in [5.41, 5.74) is 9.65. The second kappa shape index (κ2) is 6.54. The van der Waals surface area contributed by atoms with E-state index in [9.17, 15) is 8.78 Å². The SMILES string of the molecule is CN1C[C@H](N2Cc3nn4nccnc4c3C2)C[C@H](N)[C@H]1c1cc(F)ccc1F. The van der Waals surface area contributed by atoms with E-state index in [1.54, 1.807) is 17.0 Å². The van der Waals surface area contributed by atoms with Gasteiger partial charge in [-0.3, -0.25) is 9.80 Å². The third-order valence-corrected chi connectivity index (χ3v) is 5.89. The minimum Gasteiger partial charge on any atom is -0.326 e. The molecule has 0 aliphatic carbocycles. The first-order valence-electron chi connectivity index (χ1n) is 9.34. The largest absolute Gasteiger partial charge is 0.326 e. The quantitative estimate of drug-likeness (QED) is 0.720. The van der Waals surface area contributed by atoms with Gasteiger partial charge in [-0.1, -0.05) is 0 Å². The van der Waals surface area contributed by atoms with Crippen molar-refractivity contribution in [1.82, 2.24) is 29.6 Å². The lowest BCUT2D eigenvalue weighted by Crippen LogP contribution is -2.54. The fraction of sp³-hybridized carbons (Fsp3) is 0.421. The summed E-state index contributed by atoms with van der Waals surface area (Å²) in [6, 6.07) is 3.13. The van der Waals surface area contributed by atoms with Crippen LogP contribution in [0.3, 0.4) is 0 Å². The standard InChI is InChI=1S/C19H21F2N7/c1-26-8-12(7-16(22)18(26)13-6-11(20)2-3-15(13)21)27-9-14-17(10-27)25-28-19(14)23-4-5-24-28/h2-6,12,16,18H,7-10,22H2,1H3/t12-,16+,18-/m1/s1. The molecule has 0 amide bonds. The van der Waals surface area contributed by atoms with Crippen LogP contribution in [-0.4, -0.2) is 55.3 Å². The molecule has 2 N–H and O–H groups in total. The summed E-state index contributed by atoms with van der Waals surface area (Å²) in [5.74, 6) is -0.863. The Balaban J connectivity index is 1.36. The van der Waals surface area contributed by atoms with Crippen LogP contribution in [0.15, 0.2) is 30.6 Å². The average Bonchev–Trinajstić information content (AvgIpc) is 3.22. The third kappa shape index (κ3) is 2.78. The molecule has 5 rings (SSSR count). The van der Waals surface area contributed by atoms with Gasteiger partial charge in [0.2, 0.25) is 0 Å². The number of benzene rings is 1. The predicted octanol–water partition coefficient (Wildman–Crippen LogP) is 1.49. The van der Waals surface area contributed by atoms with Crippen molar-refractivity contribution in [2.45, 2.75) is 37.6 Å². The van der Waals surface area contributed by atoms with Crippen molar-refractivity contribution in [3.63, 3.8) is 0 Å². The second-order valence-electron chi connectivity index (χ2n) is 7.69. The van der Waals surface area contributed by atoms with Crippen molar-refractivity contribution < 1.29 is 8.78 Å². The smallest absolute Gasteiger partial charge is 0.180 e. The van der Waals surface area contributed by atoms with Crippen LogP contribution in [0.4, 0.5) is 8.78 Å². The molecule has 1 fully saturated rings. The Morgan fingerprint density at radius 2 is 2.04 bits per heavy atom. The van der Waals surface area contributed by atoms with Crippen molar-refractivity contribution in [1.29, 1.82) is 0 Å². The molecule has 9 heteroatoms. The van der Waals surface area contributed by atoms with E-state index >= 15 is 0 Å². The van der Waals surface area contributed by atoms with Gasteiger partial charge in [-0.25, -0.2) is 13.8 Å². The first kappa shape index (κ1) is 17.6. The molecule has 0 spiro atoms. The molecule has 7 nitrogen and oxygen atoms in total. The van der Waals surface area contributed by atoms with Crippen LogP contribution in [0, 0.1) is 11.6 Å². The van der Waals surface area contributed by atoms with E-state index in [1.807, 2.05) is 11.9 Å². The molecule has 0 radical (unpaired) electrons. The van der Waals surface area contributed by atoms with Gasteiger partial charge in [0, 0.05) is 49.0 Å². The van der Waals surface area contributed by atoms with Gasteiger partial charge < -0.3 is 5.73 Å². The Labute approximate surface area is 160 Å². The van der Waals surface area contributed by atoms with Gasteiger partial charge >= 0.3 is 0 Å². The number of likely N-dealkylation sites (tertiary alicyclic amines) is 1. The molecule has 2 aliphatic rings. The van der Waals surface area contributed by atoms with E-state index < -0.39 is 11.6 Å². The van der Waals surface area contributed by atoms with E-state index in [0.29, 0.717) is 18.5 Å². The van der Waals surface area contributed by atoms with Gasteiger partial charge in [-0.2, -0.15) is 10.2 Å². The van der Waals surface area contributed by atoms with Crippen LogP contribution in [0.1, 0.15) is 29.3 Å². The van der Waals surface area contributed by atoms with Crippen molar-refractivity contribution in [2.75, 3.05) is 13.6 Å². The highest BCUT2D eigenvalue weighted by Crippen LogP contribution is 2.35. The Morgan fingerprint density at radius 1 is 1.18 bits per heavy atom. The first-order chi connectivity index (χ1) is 13.5. The number of hydrogen-bond acceptors (Lipinski definition) is 6. The number of nitrogens with two attached hydrogens (primary N) is 1. The summed E-state index contributed by atoms with van der Waals surface area (Å²) in [7, 11) is 1.92. The Kier molecular flexibility index (Phi) is 4.11. The topological polar surface area (TPSA) is 75.6 Å². The average molecular weight is 385 g/mol. The molecule has 1 saturated heterocycles. The van der Waals surface area contributed by atoms with Crippen LogP contribution in [0.5, 0.6) is 0 Å². The van der Waals surface area contributed by atoms with Gasteiger partial charge in [0.25, 0.3) is 0 Å². The maximum atomic E-state index is 14.3. The minimum absolute atomic E-state index is 0.207. The van der Waals surface area contributed by atoms with Crippen molar-refractivity contribution in [3.8, 4) is 0 Å². The predicted molar refractivity (Wildman–Crippen MR) is 98.1 cm³/mol. The summed E-state index contributed by atoms with van der Waals surface area (Å²) >= 11 is 0. The molecule has 2 aliphatic heterocycles. The van der Waals surface area contributed by atoms with Crippen LogP contribution in [-0.2, 0) is 13.1 Å².